The van der Waals surface area contributed by atoms with Crippen molar-refractivity contribution in [3.63, 3.8) is 0 Å². The number of halogens is 1. The minimum absolute atomic E-state index is 1.21. The van der Waals surface area contributed by atoms with Crippen molar-refractivity contribution in [1.82, 2.24) is 0 Å². The van der Waals surface area contributed by atoms with E-state index in [0.29, 0.717) is 0 Å². The van der Waals surface area contributed by atoms with E-state index in [1.54, 1.807) is 6.92 Å². The molecule has 0 aliphatic heterocycles. The Balaban J connectivity index is -0.000000105. The van der Waals surface area contributed by atoms with Gasteiger partial charge in [0, 0.05) is 0 Å². The first-order valence-corrected chi connectivity index (χ1v) is 8.17. The predicted octanol–water partition coefficient (Wildman–Crippen LogP) is 2.60. The molecule has 0 nitrogen and oxygen atoms in total. The minimum atomic E-state index is -1.21. The summed E-state index contributed by atoms with van der Waals surface area (Å²) in [7, 11) is 3.34. The van der Waals surface area contributed by atoms with Gasteiger partial charge in [-0.3, -0.25) is 0 Å². The van der Waals surface area contributed by atoms with Crippen molar-refractivity contribution in [3.05, 3.63) is 13.3 Å². The molecule has 0 saturated heterocycles. The van der Waals surface area contributed by atoms with Crippen LogP contribution in [-0.4, -0.2) is 23.4 Å². The van der Waals surface area contributed by atoms with Crippen molar-refractivity contribution >= 4 is 33.5 Å². The second-order valence-electron chi connectivity index (χ2n) is 2.38. The van der Waals surface area contributed by atoms with Crippen LogP contribution in [0, 0.1) is 18.9 Å². The second kappa shape index (κ2) is 12.3. The SMILES string of the molecule is [Al+2][Cl].[C-]#C[Si](C)(C)C.[CH2-]C. The maximum Gasteiger partial charge on any atom is 0.0806 e. The van der Waals surface area contributed by atoms with E-state index in [-0.39, 0.29) is 0 Å². The van der Waals surface area contributed by atoms with Gasteiger partial charge in [0.15, 0.2) is 0 Å². The summed E-state index contributed by atoms with van der Waals surface area (Å²) in [5.74, 6) is 0. The average Bonchev–Trinajstić information content (AvgIpc) is 1.95. The molecule has 0 aliphatic rings. The number of rotatable bonds is 0. The Hall–Kier alpha value is 0.599. The van der Waals surface area contributed by atoms with E-state index in [4.69, 9.17) is 6.42 Å². The fraction of sp³-hybridized carbons (Fsp3) is 0.571. The summed E-state index contributed by atoms with van der Waals surface area (Å²) in [4.78, 5) is 0. The monoisotopic (exact) mass is 188 g/mol. The average molecular weight is 189 g/mol. The van der Waals surface area contributed by atoms with Crippen LogP contribution in [0.5, 0.6) is 0 Å². The standard InChI is InChI=1S/C5H9Si.C2H5.Al.ClH/c1-5-6(2,3)4;1-2;;/h2-4H3;1H2,2H3;;1H/q2*-1;+3;/p-1. The van der Waals surface area contributed by atoms with Gasteiger partial charge in [-0.1, -0.05) is 19.6 Å². The van der Waals surface area contributed by atoms with Gasteiger partial charge < -0.3 is 18.9 Å². The molecule has 10 heavy (non-hydrogen) atoms. The van der Waals surface area contributed by atoms with Crippen molar-refractivity contribution in [2.24, 2.45) is 0 Å². The Bertz CT molecular complexity index is 80.6. The summed E-state index contributed by atoms with van der Waals surface area (Å²) in [6.45, 7) is 11.2. The van der Waals surface area contributed by atoms with E-state index in [1.807, 2.05) is 15.4 Å². The van der Waals surface area contributed by atoms with Gasteiger partial charge in [-0.15, -0.1) is 0 Å². The molecule has 0 unspecified atom stereocenters. The molecule has 0 radical (unpaired) electrons. The van der Waals surface area contributed by atoms with Crippen LogP contribution in [0.4, 0.5) is 0 Å². The fourth-order valence-corrected chi connectivity index (χ4v) is 0. The van der Waals surface area contributed by atoms with E-state index < -0.39 is 8.07 Å². The Kier molecular flexibility index (Phi) is 20.8. The van der Waals surface area contributed by atoms with Crippen LogP contribution >= 0.6 is 10.0 Å². The molecule has 0 fully saturated rings. The molecular formula is C7H14AlClSi. The predicted molar refractivity (Wildman–Crippen MR) is 53.1 cm³/mol. The molecule has 0 aliphatic carbocycles. The zero-order chi connectivity index (χ0) is 9.21. The van der Waals surface area contributed by atoms with Gasteiger partial charge in [0.05, 0.1) is 8.07 Å². The smallest absolute Gasteiger partial charge is 0.0806 e. The van der Waals surface area contributed by atoms with Gasteiger partial charge in [-0.2, -0.15) is 6.92 Å². The summed E-state index contributed by atoms with van der Waals surface area (Å²) in [5, 5.41) is 0. The first-order chi connectivity index (χ1) is 4.56. The molecule has 3 heteroatoms. The Morgan fingerprint density at radius 1 is 1.30 bits per heavy atom. The van der Waals surface area contributed by atoms with E-state index in [1.165, 1.54) is 0 Å². The van der Waals surface area contributed by atoms with Crippen LogP contribution in [0.2, 0.25) is 19.6 Å². The third-order valence-electron chi connectivity index (χ3n) is 0.375. The second-order valence-corrected chi connectivity index (χ2v) is 7.12. The van der Waals surface area contributed by atoms with E-state index in [0.717, 1.165) is 0 Å². The van der Waals surface area contributed by atoms with Crippen molar-refractivity contribution < 1.29 is 0 Å². The molecule has 0 heterocycles. The van der Waals surface area contributed by atoms with E-state index >= 15 is 0 Å². The van der Waals surface area contributed by atoms with Crippen LogP contribution in [0.1, 0.15) is 6.92 Å². The summed E-state index contributed by atoms with van der Waals surface area (Å²) in [6.07, 6.45) is 6.67. The van der Waals surface area contributed by atoms with Crippen molar-refractivity contribution in [3.8, 4) is 5.54 Å². The van der Waals surface area contributed by atoms with Gasteiger partial charge in [-0.05, 0) is 0 Å². The molecule has 56 valence electrons. The van der Waals surface area contributed by atoms with Gasteiger partial charge in [-0.25, -0.2) is 0 Å². The third-order valence-corrected chi connectivity index (χ3v) is 1.12. The quantitative estimate of drug-likeness (QED) is 0.312. The summed E-state index contributed by atoms with van der Waals surface area (Å²) in [6, 6.07) is 0. The van der Waals surface area contributed by atoms with E-state index in [9.17, 15) is 0 Å². The first-order valence-electron chi connectivity index (χ1n) is 2.93. The first kappa shape index (κ1) is 16.9. The van der Waals surface area contributed by atoms with E-state index in [2.05, 4.69) is 42.2 Å². The van der Waals surface area contributed by atoms with Crippen molar-refractivity contribution in [2.75, 3.05) is 0 Å². The normalized spacial score (nSPS) is 7.50. The van der Waals surface area contributed by atoms with Gasteiger partial charge in [0.25, 0.3) is 0 Å². The molecule has 0 N–H and O–H groups in total. The molecule has 0 aromatic carbocycles. The molecule has 0 aromatic heterocycles. The molecule has 0 atom stereocenters. The zero-order valence-electron chi connectivity index (χ0n) is 7.16. The number of hydrogen-bond acceptors (Lipinski definition) is 0. The summed E-state index contributed by atoms with van der Waals surface area (Å²) < 4.78 is 0. The molecule has 0 saturated carbocycles. The summed E-state index contributed by atoms with van der Waals surface area (Å²) in [5.41, 5.74) is 2.49. The Labute approximate surface area is 79.0 Å². The summed E-state index contributed by atoms with van der Waals surface area (Å²) >= 11 is 1.89. The van der Waals surface area contributed by atoms with Gasteiger partial charge in [0.2, 0.25) is 0 Å². The van der Waals surface area contributed by atoms with Crippen LogP contribution < -0.4 is 0 Å². The zero-order valence-corrected chi connectivity index (χ0v) is 10.1. The molecule has 0 aromatic rings. The van der Waals surface area contributed by atoms with Crippen LogP contribution in [0.25, 0.3) is 0 Å². The van der Waals surface area contributed by atoms with Crippen LogP contribution in [0.3, 0.4) is 0 Å². The number of hydrogen-bond donors (Lipinski definition) is 0. The van der Waals surface area contributed by atoms with Crippen molar-refractivity contribution in [2.45, 2.75) is 26.6 Å². The third kappa shape index (κ3) is 38.3. The van der Waals surface area contributed by atoms with Gasteiger partial charge >= 0.3 is 25.4 Å². The van der Waals surface area contributed by atoms with Crippen molar-refractivity contribution in [1.29, 1.82) is 0 Å². The fourth-order valence-electron chi connectivity index (χ4n) is 0. The van der Waals surface area contributed by atoms with Crippen LogP contribution in [-0.2, 0) is 0 Å². The molecule has 0 rings (SSSR count). The van der Waals surface area contributed by atoms with Gasteiger partial charge in [0.1, 0.15) is 0 Å². The molecule has 0 spiro atoms. The Morgan fingerprint density at radius 2 is 1.40 bits per heavy atom. The largest absolute Gasteiger partial charge is 0.701 e. The molecule has 0 amide bonds. The van der Waals surface area contributed by atoms with Crippen LogP contribution in [0.15, 0.2) is 0 Å². The maximum atomic E-state index is 6.67. The minimum Gasteiger partial charge on any atom is -0.701 e. The Morgan fingerprint density at radius 3 is 1.40 bits per heavy atom. The molecular weight excluding hydrogens is 175 g/mol. The topological polar surface area (TPSA) is 0 Å². The molecule has 0 bridgehead atoms. The maximum absolute atomic E-state index is 6.67.